The maximum atomic E-state index is 14.9. The number of furan rings is 1. The third-order valence-corrected chi connectivity index (χ3v) is 7.43. The summed E-state index contributed by atoms with van der Waals surface area (Å²) in [5, 5.41) is 6.98. The first-order valence-electron chi connectivity index (χ1n) is 12.8. The van der Waals surface area contributed by atoms with Gasteiger partial charge in [-0.05, 0) is 30.3 Å². The van der Waals surface area contributed by atoms with Crippen LogP contribution in [0.15, 0.2) is 41.0 Å². The first-order chi connectivity index (χ1) is 19.3. The molecule has 1 aliphatic heterocycles. The van der Waals surface area contributed by atoms with Crippen LogP contribution in [0, 0.1) is 5.82 Å². The number of hydrogen-bond donors (Lipinski definition) is 2. The Morgan fingerprint density at radius 2 is 2.00 bits per heavy atom. The minimum Gasteiger partial charge on any atom is -0.461 e. The van der Waals surface area contributed by atoms with E-state index in [1.165, 1.54) is 10.6 Å². The predicted molar refractivity (Wildman–Crippen MR) is 150 cm³/mol. The molecular formula is C25H31FN10O3S. The molecule has 3 aromatic heterocycles. The van der Waals surface area contributed by atoms with Gasteiger partial charge in [0.15, 0.2) is 5.76 Å². The van der Waals surface area contributed by atoms with Crippen LogP contribution >= 0.6 is 0 Å². The van der Waals surface area contributed by atoms with Crippen LogP contribution in [0.2, 0.25) is 0 Å². The molecule has 0 spiro atoms. The number of rotatable bonds is 10. The van der Waals surface area contributed by atoms with E-state index in [2.05, 4.69) is 30.3 Å². The normalized spacial score (nSPS) is 14.9. The number of anilines is 3. The van der Waals surface area contributed by atoms with E-state index in [1.54, 1.807) is 36.8 Å². The van der Waals surface area contributed by atoms with E-state index in [0.717, 1.165) is 19.6 Å². The van der Waals surface area contributed by atoms with E-state index in [-0.39, 0.29) is 24.0 Å². The lowest BCUT2D eigenvalue weighted by Crippen LogP contribution is -2.48. The third-order valence-electron chi connectivity index (χ3n) is 6.65. The average Bonchev–Trinajstić information content (AvgIpc) is 3.62. The number of carbonyl (C=O) groups excluding carboxylic acids is 1. The summed E-state index contributed by atoms with van der Waals surface area (Å²) in [6, 6.07) is 8.03. The molecule has 3 N–H and O–H groups in total. The van der Waals surface area contributed by atoms with E-state index in [9.17, 15) is 13.4 Å². The van der Waals surface area contributed by atoms with Crippen molar-refractivity contribution in [3.8, 4) is 11.6 Å². The lowest BCUT2D eigenvalue weighted by Gasteiger charge is -2.36. The quantitative estimate of drug-likeness (QED) is 0.279. The molecule has 13 nitrogen and oxygen atoms in total. The second kappa shape index (κ2) is 12.0. The Hall–Kier alpha value is -4.11. The highest BCUT2D eigenvalue weighted by Crippen LogP contribution is 2.23. The van der Waals surface area contributed by atoms with Crippen molar-refractivity contribution in [2.75, 3.05) is 80.4 Å². The average molecular weight is 571 g/mol. The molecule has 1 aliphatic rings. The van der Waals surface area contributed by atoms with Gasteiger partial charge in [0.1, 0.15) is 5.82 Å². The fraction of sp³-hybridized carbons (Fsp3) is 0.400. The summed E-state index contributed by atoms with van der Waals surface area (Å²) in [5.74, 6) is 1.39. The number of aromatic nitrogens is 5. The minimum absolute atomic E-state index is 0.175. The molecule has 4 heterocycles. The Morgan fingerprint density at radius 3 is 2.70 bits per heavy atom. The number of nitrogens with two attached hydrogens (primary N) is 1. The molecule has 1 saturated heterocycles. The van der Waals surface area contributed by atoms with Gasteiger partial charge < -0.3 is 25.3 Å². The van der Waals surface area contributed by atoms with Crippen LogP contribution in [0.3, 0.4) is 0 Å². The number of fused-ring (bicyclic) bond motifs is 1. The van der Waals surface area contributed by atoms with Crippen molar-refractivity contribution in [3.05, 3.63) is 48.0 Å². The third kappa shape index (κ3) is 6.20. The molecule has 1 amide bonds. The van der Waals surface area contributed by atoms with E-state index < -0.39 is 16.6 Å². The van der Waals surface area contributed by atoms with Gasteiger partial charge in [0.05, 0.1) is 12.0 Å². The number of likely N-dealkylation sites (N-methyl/N-ethyl adjacent to an activating group) is 1. The van der Waals surface area contributed by atoms with Crippen LogP contribution < -0.4 is 20.9 Å². The van der Waals surface area contributed by atoms with E-state index >= 15 is 0 Å². The maximum Gasteiger partial charge on any atom is 0.259 e. The van der Waals surface area contributed by atoms with Crippen molar-refractivity contribution in [3.63, 3.8) is 0 Å². The molecule has 0 saturated carbocycles. The number of nitrogen functional groups attached to an aromatic ring is 1. The standard InChI is InChI=1S/C25H31FN10O3S/c1-33(24-30-23(27)36-25(31-24)29-21(32-36)20-4-3-14-39-20)8-9-34-10-12-35(13-11-34)19-6-5-17(16-18(19)26)22(37)28-7-15-40(2)38/h3-6,14,16H,7-13,15H2,1-2H3,(H,28,37)(H2,27,29,30,31,32)/t40-/m1/s1. The molecule has 15 heteroatoms. The van der Waals surface area contributed by atoms with Crippen molar-refractivity contribution in [1.82, 2.24) is 34.8 Å². The van der Waals surface area contributed by atoms with Gasteiger partial charge in [0.2, 0.25) is 17.7 Å². The number of benzene rings is 1. The smallest absolute Gasteiger partial charge is 0.259 e. The van der Waals surface area contributed by atoms with Gasteiger partial charge in [0, 0.05) is 81.2 Å². The molecule has 1 aromatic carbocycles. The first-order valence-corrected chi connectivity index (χ1v) is 14.5. The van der Waals surface area contributed by atoms with E-state index in [1.807, 2.05) is 16.8 Å². The zero-order valence-electron chi connectivity index (χ0n) is 22.3. The zero-order chi connectivity index (χ0) is 28.2. The van der Waals surface area contributed by atoms with Gasteiger partial charge in [-0.15, -0.1) is 5.10 Å². The van der Waals surface area contributed by atoms with Gasteiger partial charge in [-0.25, -0.2) is 4.39 Å². The lowest BCUT2D eigenvalue weighted by atomic mass is 10.1. The lowest BCUT2D eigenvalue weighted by molar-refractivity contribution is 0.0955. The molecular weight excluding hydrogens is 539 g/mol. The van der Waals surface area contributed by atoms with Crippen molar-refractivity contribution in [1.29, 1.82) is 0 Å². The highest BCUT2D eigenvalue weighted by molar-refractivity contribution is 7.84. The number of amides is 1. The van der Waals surface area contributed by atoms with Gasteiger partial charge in [-0.3, -0.25) is 13.9 Å². The fourth-order valence-corrected chi connectivity index (χ4v) is 4.78. The van der Waals surface area contributed by atoms with Crippen LogP contribution in [-0.4, -0.2) is 104 Å². The van der Waals surface area contributed by atoms with Gasteiger partial charge in [-0.1, -0.05) is 0 Å². The van der Waals surface area contributed by atoms with E-state index in [4.69, 9.17) is 10.2 Å². The Labute approximate surface area is 232 Å². The largest absolute Gasteiger partial charge is 0.461 e. The summed E-state index contributed by atoms with van der Waals surface area (Å²) in [4.78, 5) is 31.7. The predicted octanol–water partition coefficient (Wildman–Crippen LogP) is 0.867. The summed E-state index contributed by atoms with van der Waals surface area (Å²) >= 11 is 0. The molecule has 40 heavy (non-hydrogen) atoms. The van der Waals surface area contributed by atoms with Crippen LogP contribution in [-0.2, 0) is 10.8 Å². The second-order valence-corrected chi connectivity index (χ2v) is 11.0. The summed E-state index contributed by atoms with van der Waals surface area (Å²) in [6.45, 7) is 4.50. The molecule has 0 aliphatic carbocycles. The van der Waals surface area contributed by atoms with Gasteiger partial charge >= 0.3 is 0 Å². The second-order valence-electron chi connectivity index (χ2n) is 9.46. The van der Waals surface area contributed by atoms with Crippen LogP contribution in [0.4, 0.5) is 22.0 Å². The number of halogens is 1. The topological polar surface area (TPSA) is 151 Å². The SMILES string of the molecule is CN(CCN1CCN(c2ccc(C(=O)NCC[S@@](C)=O)cc2F)CC1)c1nc(N)n2nc(-c3ccco3)nc2n1. The minimum atomic E-state index is -0.999. The molecule has 5 rings (SSSR count). The van der Waals surface area contributed by atoms with Crippen LogP contribution in [0.5, 0.6) is 0 Å². The zero-order valence-corrected chi connectivity index (χ0v) is 23.1. The Morgan fingerprint density at radius 1 is 1.20 bits per heavy atom. The number of hydrogen-bond acceptors (Lipinski definition) is 11. The molecule has 1 fully saturated rings. The monoisotopic (exact) mass is 570 g/mol. The highest BCUT2D eigenvalue weighted by atomic mass is 32.2. The molecule has 0 bridgehead atoms. The molecule has 0 radical (unpaired) electrons. The maximum absolute atomic E-state index is 14.9. The number of nitrogens with one attached hydrogen (secondary N) is 1. The number of piperazine rings is 1. The van der Waals surface area contributed by atoms with Crippen LogP contribution in [0.25, 0.3) is 17.4 Å². The highest BCUT2D eigenvalue weighted by Gasteiger charge is 2.22. The van der Waals surface area contributed by atoms with Crippen molar-refractivity contribution in [2.45, 2.75) is 0 Å². The van der Waals surface area contributed by atoms with E-state index in [0.29, 0.717) is 54.4 Å². The molecule has 1 atom stereocenters. The number of nitrogens with zero attached hydrogens (tertiary/aromatic N) is 8. The summed E-state index contributed by atoms with van der Waals surface area (Å²) in [5.41, 5.74) is 6.83. The Kier molecular flexibility index (Phi) is 8.21. The van der Waals surface area contributed by atoms with Crippen molar-refractivity contribution >= 4 is 40.1 Å². The van der Waals surface area contributed by atoms with Crippen LogP contribution in [0.1, 0.15) is 10.4 Å². The Balaban J connectivity index is 1.13. The van der Waals surface area contributed by atoms with Crippen molar-refractivity contribution in [2.24, 2.45) is 0 Å². The summed E-state index contributed by atoms with van der Waals surface area (Å²) in [7, 11) is 0.890. The molecule has 4 aromatic rings. The fourth-order valence-electron chi connectivity index (χ4n) is 4.39. The van der Waals surface area contributed by atoms with Crippen molar-refractivity contribution < 1.29 is 17.8 Å². The Bertz CT molecular complexity index is 1500. The first kappa shape index (κ1) is 27.5. The number of carbonyl (C=O) groups is 1. The van der Waals surface area contributed by atoms with Gasteiger partial charge in [0.25, 0.3) is 11.7 Å². The molecule has 212 valence electrons. The molecule has 0 unspecified atom stereocenters. The summed E-state index contributed by atoms with van der Waals surface area (Å²) < 4.78 is 32.8. The summed E-state index contributed by atoms with van der Waals surface area (Å²) in [6.07, 6.45) is 3.12. The van der Waals surface area contributed by atoms with Gasteiger partial charge in [-0.2, -0.15) is 19.5 Å².